The molecule has 2 atom stereocenters. The molecule has 9 heteroatoms. The highest BCUT2D eigenvalue weighted by Crippen LogP contribution is 2.44. The van der Waals surface area contributed by atoms with E-state index in [0.717, 1.165) is 11.1 Å². The van der Waals surface area contributed by atoms with E-state index in [1.807, 2.05) is 31.2 Å². The van der Waals surface area contributed by atoms with Gasteiger partial charge in [-0.2, -0.15) is 4.99 Å². The smallest absolute Gasteiger partial charge is 0.252 e. The number of carbonyl (C=O) groups is 1. The van der Waals surface area contributed by atoms with Crippen LogP contribution in [-0.4, -0.2) is 49.4 Å². The lowest BCUT2D eigenvalue weighted by atomic mass is 10.1. The third-order valence-electron chi connectivity index (χ3n) is 5.13. The summed E-state index contributed by atoms with van der Waals surface area (Å²) in [4.78, 5) is 18.9. The van der Waals surface area contributed by atoms with Crippen molar-refractivity contribution in [3.63, 3.8) is 0 Å². The van der Waals surface area contributed by atoms with E-state index in [2.05, 4.69) is 4.99 Å². The molecule has 2 saturated heterocycles. The predicted octanol–water partition coefficient (Wildman–Crippen LogP) is 3.50. The van der Waals surface area contributed by atoms with Crippen LogP contribution in [0.2, 0.25) is 5.02 Å². The Hall–Kier alpha value is -2.03. The normalized spacial score (nSPS) is 23.6. The van der Waals surface area contributed by atoms with E-state index in [4.69, 9.17) is 16.3 Å². The quantitative estimate of drug-likeness (QED) is 0.689. The van der Waals surface area contributed by atoms with Gasteiger partial charge in [0.25, 0.3) is 5.91 Å². The van der Waals surface area contributed by atoms with Gasteiger partial charge < -0.3 is 9.64 Å². The molecule has 2 aromatic rings. The molecule has 2 aliphatic heterocycles. The fraction of sp³-hybridized carbons (Fsp3) is 0.333. The van der Waals surface area contributed by atoms with Crippen molar-refractivity contribution in [1.82, 2.24) is 0 Å². The zero-order valence-electron chi connectivity index (χ0n) is 16.5. The molecule has 2 aromatic carbocycles. The first kappa shape index (κ1) is 21.2. The number of ether oxygens (including phenoxy) is 1. The summed E-state index contributed by atoms with van der Waals surface area (Å²) in [5, 5.41) is 0.785. The molecule has 1 amide bonds. The minimum absolute atomic E-state index is 0.00538. The molecule has 2 heterocycles. The van der Waals surface area contributed by atoms with Crippen LogP contribution in [0.5, 0.6) is 5.75 Å². The number of carbonyl (C=O) groups excluding carboxylic acids is 1. The molecule has 0 spiro atoms. The van der Waals surface area contributed by atoms with E-state index in [9.17, 15) is 13.2 Å². The number of halogens is 1. The maximum Gasteiger partial charge on any atom is 0.252 e. The van der Waals surface area contributed by atoms with Crippen LogP contribution in [0.1, 0.15) is 11.1 Å². The van der Waals surface area contributed by atoms with Crippen LogP contribution in [0.15, 0.2) is 47.5 Å². The number of aryl methyl sites for hydroxylation is 1. The highest BCUT2D eigenvalue weighted by Gasteiger charge is 2.50. The van der Waals surface area contributed by atoms with Crippen LogP contribution in [-0.2, 0) is 21.1 Å². The molecule has 2 aliphatic rings. The summed E-state index contributed by atoms with van der Waals surface area (Å²) in [5.74, 6) is 0.332. The number of amides is 1. The number of thioether (sulfide) groups is 1. The minimum atomic E-state index is -3.16. The average molecular weight is 465 g/mol. The second-order valence-corrected chi connectivity index (χ2v) is 11.2. The Morgan fingerprint density at radius 1 is 1.27 bits per heavy atom. The number of amidine groups is 1. The van der Waals surface area contributed by atoms with Crippen molar-refractivity contribution in [2.75, 3.05) is 23.5 Å². The summed E-state index contributed by atoms with van der Waals surface area (Å²) in [7, 11) is -1.62. The van der Waals surface area contributed by atoms with Gasteiger partial charge in [0.15, 0.2) is 15.0 Å². The van der Waals surface area contributed by atoms with Crippen LogP contribution in [0.4, 0.5) is 5.69 Å². The summed E-state index contributed by atoms with van der Waals surface area (Å²) in [6.45, 7) is 1.97. The molecule has 2 fully saturated rings. The Bertz CT molecular complexity index is 1130. The van der Waals surface area contributed by atoms with Crippen molar-refractivity contribution in [1.29, 1.82) is 0 Å². The highest BCUT2D eigenvalue weighted by atomic mass is 35.5. The lowest BCUT2D eigenvalue weighted by Gasteiger charge is -2.26. The van der Waals surface area contributed by atoms with Crippen molar-refractivity contribution < 1.29 is 17.9 Å². The first-order valence-corrected chi connectivity index (χ1v) is 12.5. The van der Waals surface area contributed by atoms with Crippen molar-refractivity contribution in [3.05, 3.63) is 58.6 Å². The van der Waals surface area contributed by atoms with Crippen LogP contribution >= 0.6 is 23.4 Å². The third-order valence-corrected chi connectivity index (χ3v) is 8.57. The number of nitrogens with zero attached hydrogens (tertiary/aromatic N) is 2. The number of hydrogen-bond acceptors (Lipinski definition) is 5. The molecule has 30 heavy (non-hydrogen) atoms. The average Bonchev–Trinajstić information content (AvgIpc) is 3.12. The molecule has 158 valence electrons. The molecule has 0 saturated carbocycles. The zero-order valence-corrected chi connectivity index (χ0v) is 18.9. The maximum absolute atomic E-state index is 12.7. The summed E-state index contributed by atoms with van der Waals surface area (Å²) in [6, 6.07) is 12.6. The topological polar surface area (TPSA) is 76.0 Å². The summed E-state index contributed by atoms with van der Waals surface area (Å²) in [5.41, 5.74) is 2.58. The number of benzene rings is 2. The maximum atomic E-state index is 12.7. The number of hydrogen-bond donors (Lipinski definition) is 0. The summed E-state index contributed by atoms with van der Waals surface area (Å²) in [6.07, 6.45) is 0.180. The highest BCUT2D eigenvalue weighted by molar-refractivity contribution is 8.16. The van der Waals surface area contributed by atoms with E-state index in [1.54, 1.807) is 30.2 Å². The van der Waals surface area contributed by atoms with Crippen LogP contribution in [0.25, 0.3) is 0 Å². The van der Waals surface area contributed by atoms with Gasteiger partial charge >= 0.3 is 0 Å². The molecule has 0 bridgehead atoms. The van der Waals surface area contributed by atoms with Crippen molar-refractivity contribution in [3.8, 4) is 5.75 Å². The summed E-state index contributed by atoms with van der Waals surface area (Å²) < 4.78 is 30.0. The van der Waals surface area contributed by atoms with E-state index in [1.165, 1.54) is 11.8 Å². The van der Waals surface area contributed by atoms with Gasteiger partial charge in [-0.15, -0.1) is 0 Å². The van der Waals surface area contributed by atoms with Gasteiger partial charge in [0.2, 0.25) is 0 Å². The predicted molar refractivity (Wildman–Crippen MR) is 122 cm³/mol. The van der Waals surface area contributed by atoms with Crippen LogP contribution in [0.3, 0.4) is 0 Å². The Kier molecular flexibility index (Phi) is 5.83. The SMILES string of the molecule is COc1ccc(Cl)cc1N1C(=NC(=O)Cc2cccc(C)c2)S[C@@H]2CS(=O)(=O)C[C@@H]21. The second kappa shape index (κ2) is 8.24. The van der Waals surface area contributed by atoms with Gasteiger partial charge in [-0.3, -0.25) is 4.79 Å². The standard InChI is InChI=1S/C21H21ClN2O4S2/c1-13-4-3-5-14(8-13)9-20(25)23-21-24(16-10-15(22)6-7-18(16)28-2)17-11-30(26,27)12-19(17)29-21/h3-8,10,17,19H,9,11-12H2,1-2H3/t17-,19+/m0/s1. The summed E-state index contributed by atoms with van der Waals surface area (Å²) >= 11 is 7.54. The number of anilines is 1. The number of aliphatic imine (C=N–C) groups is 1. The molecule has 0 N–H and O–H groups in total. The van der Waals surface area contributed by atoms with Crippen molar-refractivity contribution in [2.45, 2.75) is 24.6 Å². The first-order chi connectivity index (χ1) is 14.3. The number of sulfone groups is 1. The molecule has 0 radical (unpaired) electrons. The van der Waals surface area contributed by atoms with Crippen LogP contribution in [0, 0.1) is 6.92 Å². The largest absolute Gasteiger partial charge is 0.495 e. The van der Waals surface area contributed by atoms with Crippen molar-refractivity contribution >= 4 is 50.0 Å². The Labute approximate surface area is 185 Å². The second-order valence-electron chi connectivity index (χ2n) is 7.44. The van der Waals surface area contributed by atoms with Gasteiger partial charge in [0.1, 0.15) is 5.75 Å². The van der Waals surface area contributed by atoms with Gasteiger partial charge in [-0.05, 0) is 30.7 Å². The lowest BCUT2D eigenvalue weighted by Crippen LogP contribution is -2.38. The Morgan fingerprint density at radius 3 is 2.80 bits per heavy atom. The minimum Gasteiger partial charge on any atom is -0.495 e. The number of methoxy groups -OCH3 is 1. The van der Waals surface area contributed by atoms with Crippen LogP contribution < -0.4 is 9.64 Å². The zero-order chi connectivity index (χ0) is 21.5. The molecule has 6 nitrogen and oxygen atoms in total. The fourth-order valence-electron chi connectivity index (χ4n) is 3.84. The third kappa shape index (κ3) is 4.36. The Morgan fingerprint density at radius 2 is 2.07 bits per heavy atom. The van der Waals surface area contributed by atoms with E-state index in [0.29, 0.717) is 21.6 Å². The Balaban J connectivity index is 1.70. The molecule has 0 unspecified atom stereocenters. The van der Waals surface area contributed by atoms with Crippen molar-refractivity contribution in [2.24, 2.45) is 4.99 Å². The van der Waals surface area contributed by atoms with E-state index >= 15 is 0 Å². The van der Waals surface area contributed by atoms with Gasteiger partial charge in [0, 0.05) is 10.3 Å². The molecule has 4 rings (SSSR count). The van der Waals surface area contributed by atoms with Gasteiger partial charge in [-0.1, -0.05) is 53.2 Å². The monoisotopic (exact) mass is 464 g/mol. The fourth-order valence-corrected chi connectivity index (χ4v) is 7.93. The lowest BCUT2D eigenvalue weighted by molar-refractivity contribution is -0.117. The molecule has 0 aromatic heterocycles. The molecular formula is C21H21ClN2O4S2. The molecule has 0 aliphatic carbocycles. The number of rotatable bonds is 4. The number of fused-ring (bicyclic) bond motifs is 1. The molecular weight excluding hydrogens is 444 g/mol. The van der Waals surface area contributed by atoms with Gasteiger partial charge in [0.05, 0.1) is 36.8 Å². The van der Waals surface area contributed by atoms with Gasteiger partial charge in [-0.25, -0.2) is 8.42 Å². The van der Waals surface area contributed by atoms with E-state index in [-0.39, 0.29) is 35.1 Å². The van der Waals surface area contributed by atoms with E-state index < -0.39 is 9.84 Å². The first-order valence-electron chi connectivity index (χ1n) is 9.42.